The number of piperazine rings is 1. The lowest BCUT2D eigenvalue weighted by molar-refractivity contribution is -0.130. The van der Waals surface area contributed by atoms with E-state index < -0.39 is 11.7 Å². The Morgan fingerprint density at radius 3 is 2.44 bits per heavy atom. The first-order valence-corrected chi connectivity index (χ1v) is 8.11. The Hall–Kier alpha value is -2.96. The van der Waals surface area contributed by atoms with Crippen molar-refractivity contribution < 1.29 is 14.0 Å². The first-order chi connectivity index (χ1) is 12.1. The number of aromatic nitrogens is 1. The number of amides is 2. The van der Waals surface area contributed by atoms with E-state index in [1.165, 1.54) is 18.2 Å². The summed E-state index contributed by atoms with van der Waals surface area (Å²) in [5.41, 5.74) is -0.0599. The quantitative estimate of drug-likeness (QED) is 0.910. The highest BCUT2D eigenvalue weighted by atomic mass is 19.1. The molecular formula is C18H19FN4O2. The summed E-state index contributed by atoms with van der Waals surface area (Å²) in [5.74, 6) is -0.470. The van der Waals surface area contributed by atoms with Crippen molar-refractivity contribution in [3.8, 4) is 0 Å². The van der Waals surface area contributed by atoms with E-state index in [1.54, 1.807) is 17.2 Å². The van der Waals surface area contributed by atoms with Gasteiger partial charge in [-0.05, 0) is 24.3 Å². The van der Waals surface area contributed by atoms with Crippen LogP contribution >= 0.6 is 0 Å². The summed E-state index contributed by atoms with van der Waals surface area (Å²) < 4.78 is 13.6. The fourth-order valence-electron chi connectivity index (χ4n) is 2.73. The van der Waals surface area contributed by atoms with Gasteiger partial charge in [-0.3, -0.25) is 9.59 Å². The van der Waals surface area contributed by atoms with Crippen molar-refractivity contribution in [3.05, 3.63) is 60.0 Å². The molecule has 130 valence electrons. The SMILES string of the molecule is O=C(NCC(=O)N1CCN(c2ccccn2)CC1)c1ccccc1F. The third-order valence-electron chi connectivity index (χ3n) is 4.12. The van der Waals surface area contributed by atoms with Gasteiger partial charge >= 0.3 is 0 Å². The molecule has 0 radical (unpaired) electrons. The average Bonchev–Trinajstić information content (AvgIpc) is 2.67. The Bertz CT molecular complexity index is 746. The standard InChI is InChI=1S/C18H19FN4O2/c19-15-6-2-1-5-14(15)18(25)21-13-17(24)23-11-9-22(10-12-23)16-7-3-4-8-20-16/h1-8H,9-13H2,(H,21,25). The fraction of sp³-hybridized carbons (Fsp3) is 0.278. The average molecular weight is 342 g/mol. The molecule has 0 unspecified atom stereocenters. The van der Waals surface area contributed by atoms with Gasteiger partial charge in [0.15, 0.2) is 0 Å². The molecule has 0 aliphatic carbocycles. The molecule has 1 N–H and O–H groups in total. The Balaban J connectivity index is 1.48. The second kappa shape index (κ2) is 7.74. The molecule has 1 aromatic heterocycles. The van der Waals surface area contributed by atoms with Crippen molar-refractivity contribution in [2.45, 2.75) is 0 Å². The number of carbonyl (C=O) groups is 2. The molecule has 1 saturated heterocycles. The molecule has 1 fully saturated rings. The number of nitrogens with zero attached hydrogens (tertiary/aromatic N) is 3. The second-order valence-corrected chi connectivity index (χ2v) is 5.72. The number of pyridine rings is 1. The zero-order chi connectivity index (χ0) is 17.6. The van der Waals surface area contributed by atoms with Crippen molar-refractivity contribution in [3.63, 3.8) is 0 Å². The van der Waals surface area contributed by atoms with Crippen LogP contribution in [0.15, 0.2) is 48.7 Å². The van der Waals surface area contributed by atoms with E-state index in [2.05, 4.69) is 15.2 Å². The van der Waals surface area contributed by atoms with Crippen LogP contribution in [-0.2, 0) is 4.79 Å². The lowest BCUT2D eigenvalue weighted by atomic mass is 10.2. The third-order valence-corrected chi connectivity index (χ3v) is 4.12. The first kappa shape index (κ1) is 16.9. The van der Waals surface area contributed by atoms with Gasteiger partial charge in [0, 0.05) is 32.4 Å². The molecule has 3 rings (SSSR count). The third kappa shape index (κ3) is 4.12. The maximum Gasteiger partial charge on any atom is 0.254 e. The number of halogens is 1. The summed E-state index contributed by atoms with van der Waals surface area (Å²) in [5, 5.41) is 2.48. The summed E-state index contributed by atoms with van der Waals surface area (Å²) in [6.45, 7) is 2.35. The van der Waals surface area contributed by atoms with Gasteiger partial charge in [0.25, 0.3) is 5.91 Å². The zero-order valence-electron chi connectivity index (χ0n) is 13.7. The van der Waals surface area contributed by atoms with Crippen LogP contribution in [0.1, 0.15) is 10.4 Å². The highest BCUT2D eigenvalue weighted by molar-refractivity contribution is 5.96. The minimum absolute atomic E-state index is 0.0599. The molecule has 2 amide bonds. The number of rotatable bonds is 4. The van der Waals surface area contributed by atoms with Gasteiger partial charge < -0.3 is 15.1 Å². The molecule has 1 aromatic carbocycles. The molecule has 6 nitrogen and oxygen atoms in total. The Labute approximate surface area is 145 Å². The van der Waals surface area contributed by atoms with Crippen molar-refractivity contribution >= 4 is 17.6 Å². The maximum absolute atomic E-state index is 13.6. The van der Waals surface area contributed by atoms with Crippen LogP contribution < -0.4 is 10.2 Å². The number of hydrogen-bond acceptors (Lipinski definition) is 4. The van der Waals surface area contributed by atoms with Crippen molar-refractivity contribution in [1.82, 2.24) is 15.2 Å². The summed E-state index contributed by atoms with van der Waals surface area (Å²) >= 11 is 0. The molecule has 1 aliphatic heterocycles. The first-order valence-electron chi connectivity index (χ1n) is 8.11. The van der Waals surface area contributed by atoms with Crippen LogP contribution in [0.5, 0.6) is 0 Å². The zero-order valence-corrected chi connectivity index (χ0v) is 13.7. The van der Waals surface area contributed by atoms with Crippen molar-refractivity contribution in [2.24, 2.45) is 0 Å². The number of anilines is 1. The number of benzene rings is 1. The van der Waals surface area contributed by atoms with Crippen LogP contribution in [0.2, 0.25) is 0 Å². The van der Waals surface area contributed by atoms with Crippen LogP contribution in [0.3, 0.4) is 0 Å². The summed E-state index contributed by atoms with van der Waals surface area (Å²) in [7, 11) is 0. The Kier molecular flexibility index (Phi) is 5.23. The van der Waals surface area contributed by atoms with Gasteiger partial charge in [-0.25, -0.2) is 9.37 Å². The molecule has 0 saturated carbocycles. The second-order valence-electron chi connectivity index (χ2n) is 5.72. The summed E-state index contributed by atoms with van der Waals surface area (Å²) in [4.78, 5) is 32.3. The summed E-state index contributed by atoms with van der Waals surface area (Å²) in [6.07, 6.45) is 1.74. The monoisotopic (exact) mass is 342 g/mol. The van der Waals surface area contributed by atoms with E-state index in [0.29, 0.717) is 26.2 Å². The maximum atomic E-state index is 13.6. The van der Waals surface area contributed by atoms with Gasteiger partial charge in [-0.2, -0.15) is 0 Å². The fourth-order valence-corrected chi connectivity index (χ4v) is 2.73. The molecule has 2 aromatic rings. The normalized spacial score (nSPS) is 14.3. The van der Waals surface area contributed by atoms with Gasteiger partial charge in [0.1, 0.15) is 11.6 Å². The number of nitrogens with one attached hydrogen (secondary N) is 1. The van der Waals surface area contributed by atoms with Crippen LogP contribution in [0.25, 0.3) is 0 Å². The molecule has 25 heavy (non-hydrogen) atoms. The van der Waals surface area contributed by atoms with E-state index in [9.17, 15) is 14.0 Å². The lowest BCUT2D eigenvalue weighted by Crippen LogP contribution is -2.51. The van der Waals surface area contributed by atoms with Gasteiger partial charge in [0.2, 0.25) is 5.91 Å². The lowest BCUT2D eigenvalue weighted by Gasteiger charge is -2.35. The number of hydrogen-bond donors (Lipinski definition) is 1. The van der Waals surface area contributed by atoms with Crippen LogP contribution in [0, 0.1) is 5.82 Å². The minimum Gasteiger partial charge on any atom is -0.353 e. The molecular weight excluding hydrogens is 323 g/mol. The van der Waals surface area contributed by atoms with E-state index in [-0.39, 0.29) is 18.0 Å². The predicted octanol–water partition coefficient (Wildman–Crippen LogP) is 1.30. The smallest absolute Gasteiger partial charge is 0.254 e. The molecule has 7 heteroatoms. The van der Waals surface area contributed by atoms with E-state index in [4.69, 9.17) is 0 Å². The van der Waals surface area contributed by atoms with Gasteiger partial charge in [-0.1, -0.05) is 18.2 Å². The van der Waals surface area contributed by atoms with Gasteiger partial charge in [-0.15, -0.1) is 0 Å². The van der Waals surface area contributed by atoms with Crippen LogP contribution in [0.4, 0.5) is 10.2 Å². The van der Waals surface area contributed by atoms with E-state index in [1.807, 2.05) is 18.2 Å². The topological polar surface area (TPSA) is 65.5 Å². The molecule has 2 heterocycles. The molecule has 0 atom stereocenters. The Morgan fingerprint density at radius 1 is 1.04 bits per heavy atom. The molecule has 0 bridgehead atoms. The van der Waals surface area contributed by atoms with Gasteiger partial charge in [0.05, 0.1) is 12.1 Å². The minimum atomic E-state index is -0.601. The number of carbonyl (C=O) groups excluding carboxylic acids is 2. The summed E-state index contributed by atoms with van der Waals surface area (Å²) in [6, 6.07) is 11.4. The highest BCUT2D eigenvalue weighted by Crippen LogP contribution is 2.12. The van der Waals surface area contributed by atoms with Crippen molar-refractivity contribution in [2.75, 3.05) is 37.6 Å². The molecule has 1 aliphatic rings. The Morgan fingerprint density at radius 2 is 1.76 bits per heavy atom. The highest BCUT2D eigenvalue weighted by Gasteiger charge is 2.22. The predicted molar refractivity (Wildman–Crippen MR) is 91.8 cm³/mol. The van der Waals surface area contributed by atoms with E-state index in [0.717, 1.165) is 5.82 Å². The van der Waals surface area contributed by atoms with Crippen LogP contribution in [-0.4, -0.2) is 54.4 Å². The van der Waals surface area contributed by atoms with Crippen molar-refractivity contribution in [1.29, 1.82) is 0 Å². The largest absolute Gasteiger partial charge is 0.353 e. The molecule has 0 spiro atoms. The van der Waals surface area contributed by atoms with E-state index >= 15 is 0 Å².